The zero-order chi connectivity index (χ0) is 15.5. The highest BCUT2D eigenvalue weighted by atomic mass is 32.2. The van der Waals surface area contributed by atoms with Crippen LogP contribution in [0, 0.1) is 10.1 Å². The van der Waals surface area contributed by atoms with Crippen molar-refractivity contribution in [2.24, 2.45) is 0 Å². The molecule has 0 saturated carbocycles. The third kappa shape index (κ3) is 3.73. The maximum atomic E-state index is 12.2. The molecule has 7 nitrogen and oxygen atoms in total. The summed E-state index contributed by atoms with van der Waals surface area (Å²) in [7, 11) is -2.12. The van der Waals surface area contributed by atoms with Crippen LogP contribution in [0.4, 0.5) is 5.69 Å². The fourth-order valence-electron chi connectivity index (χ4n) is 2.02. The minimum absolute atomic E-state index is 0.00463. The Morgan fingerprint density at radius 2 is 2.10 bits per heavy atom. The average Bonchev–Trinajstić information content (AvgIpc) is 2.95. The summed E-state index contributed by atoms with van der Waals surface area (Å²) in [6.45, 7) is 0.190. The summed E-state index contributed by atoms with van der Waals surface area (Å²) in [4.78, 5) is 10.00. The molecule has 21 heavy (non-hydrogen) atoms. The van der Waals surface area contributed by atoms with Crippen LogP contribution >= 0.6 is 11.8 Å². The van der Waals surface area contributed by atoms with Crippen molar-refractivity contribution in [2.75, 3.05) is 25.2 Å². The minimum Gasteiger partial charge on any atom is -0.376 e. The fourth-order valence-corrected chi connectivity index (χ4v) is 4.53. The second-order valence-electron chi connectivity index (χ2n) is 4.77. The number of rotatable bonds is 6. The molecule has 0 amide bonds. The van der Waals surface area contributed by atoms with Crippen LogP contribution < -0.4 is 4.72 Å². The van der Waals surface area contributed by atoms with E-state index < -0.39 is 20.5 Å². The Hall–Kier alpha value is -1.16. The lowest BCUT2D eigenvalue weighted by Gasteiger charge is -2.26. The van der Waals surface area contributed by atoms with E-state index in [4.69, 9.17) is 4.74 Å². The van der Waals surface area contributed by atoms with Gasteiger partial charge >= 0.3 is 0 Å². The van der Waals surface area contributed by atoms with E-state index in [-0.39, 0.29) is 17.1 Å². The van der Waals surface area contributed by atoms with Gasteiger partial charge in [0.15, 0.2) is 0 Å². The second-order valence-corrected chi connectivity index (χ2v) is 7.64. The Morgan fingerprint density at radius 1 is 1.43 bits per heavy atom. The third-order valence-electron chi connectivity index (χ3n) is 3.44. The molecular formula is C12H16N2O5S2. The van der Waals surface area contributed by atoms with Crippen molar-refractivity contribution >= 4 is 27.5 Å². The van der Waals surface area contributed by atoms with Crippen molar-refractivity contribution in [3.63, 3.8) is 0 Å². The number of sulfonamides is 1. The summed E-state index contributed by atoms with van der Waals surface area (Å²) in [6, 6.07) is 4.80. The summed E-state index contributed by atoms with van der Waals surface area (Å²) < 4.78 is 32.3. The van der Waals surface area contributed by atoms with Crippen molar-refractivity contribution in [2.45, 2.75) is 16.9 Å². The number of nitro benzene ring substituents is 1. The topological polar surface area (TPSA) is 98.5 Å². The lowest BCUT2D eigenvalue weighted by Crippen LogP contribution is -2.44. The molecule has 9 heteroatoms. The SMILES string of the molecule is COC1(CNS(=O)(=O)c2ccc([N+](=O)[O-])cc2)CCSC1. The van der Waals surface area contributed by atoms with E-state index in [1.54, 1.807) is 18.9 Å². The Bertz CT molecular complexity index is 609. The van der Waals surface area contributed by atoms with Gasteiger partial charge in [-0.25, -0.2) is 13.1 Å². The molecule has 116 valence electrons. The van der Waals surface area contributed by atoms with Gasteiger partial charge in [-0.15, -0.1) is 0 Å². The van der Waals surface area contributed by atoms with Crippen LogP contribution in [0.15, 0.2) is 29.2 Å². The molecule has 1 saturated heterocycles. The zero-order valence-electron chi connectivity index (χ0n) is 11.4. The number of non-ortho nitro benzene ring substituents is 1. The molecular weight excluding hydrogens is 316 g/mol. The summed E-state index contributed by atoms with van der Waals surface area (Å²) in [5.74, 6) is 1.68. The molecule has 0 bridgehead atoms. The lowest BCUT2D eigenvalue weighted by atomic mass is 10.0. The van der Waals surface area contributed by atoms with Gasteiger partial charge in [-0.05, 0) is 24.3 Å². The predicted molar refractivity (Wildman–Crippen MR) is 80.0 cm³/mol. The van der Waals surface area contributed by atoms with Gasteiger partial charge in [0.05, 0.1) is 15.4 Å². The van der Waals surface area contributed by atoms with E-state index in [1.165, 1.54) is 24.3 Å². The van der Waals surface area contributed by atoms with E-state index in [2.05, 4.69) is 4.72 Å². The maximum Gasteiger partial charge on any atom is 0.269 e. The zero-order valence-corrected chi connectivity index (χ0v) is 13.1. The average molecular weight is 332 g/mol. The molecule has 1 heterocycles. The van der Waals surface area contributed by atoms with Crippen LogP contribution in [0.25, 0.3) is 0 Å². The van der Waals surface area contributed by atoms with Crippen LogP contribution in [0.2, 0.25) is 0 Å². The molecule has 1 atom stereocenters. The standard InChI is InChI=1S/C12H16N2O5S2/c1-19-12(6-7-20-9-12)8-13-21(17,18)11-4-2-10(3-5-11)14(15)16/h2-5,13H,6-9H2,1H3. The van der Waals surface area contributed by atoms with Gasteiger partial charge in [-0.3, -0.25) is 10.1 Å². The molecule has 0 aliphatic carbocycles. The Kier molecular flexibility index (Phi) is 4.87. The summed E-state index contributed by atoms with van der Waals surface area (Å²) in [5.41, 5.74) is -0.618. The monoisotopic (exact) mass is 332 g/mol. The number of ether oxygens (including phenoxy) is 1. The lowest BCUT2D eigenvalue weighted by molar-refractivity contribution is -0.384. The van der Waals surface area contributed by atoms with Gasteiger partial charge in [0.1, 0.15) is 0 Å². The molecule has 1 aromatic carbocycles. The van der Waals surface area contributed by atoms with Gasteiger partial charge in [0.2, 0.25) is 10.0 Å². The van der Waals surface area contributed by atoms with Crippen LogP contribution in [0.1, 0.15) is 6.42 Å². The number of nitrogens with one attached hydrogen (secondary N) is 1. The normalized spacial score (nSPS) is 22.3. The highest BCUT2D eigenvalue weighted by Gasteiger charge is 2.35. The molecule has 0 aromatic heterocycles. The Balaban J connectivity index is 2.09. The van der Waals surface area contributed by atoms with Crippen molar-refractivity contribution in [1.29, 1.82) is 0 Å². The number of benzene rings is 1. The van der Waals surface area contributed by atoms with Crippen LogP contribution in [-0.2, 0) is 14.8 Å². The van der Waals surface area contributed by atoms with E-state index in [1.807, 2.05) is 0 Å². The van der Waals surface area contributed by atoms with Crippen molar-refractivity contribution < 1.29 is 18.1 Å². The van der Waals surface area contributed by atoms with E-state index in [9.17, 15) is 18.5 Å². The number of thioether (sulfide) groups is 1. The van der Waals surface area contributed by atoms with Gasteiger partial charge in [0.25, 0.3) is 5.69 Å². The molecule has 1 aliphatic rings. The highest BCUT2D eigenvalue weighted by molar-refractivity contribution is 7.99. The maximum absolute atomic E-state index is 12.2. The van der Waals surface area contributed by atoms with Crippen LogP contribution in [-0.4, -0.2) is 44.1 Å². The van der Waals surface area contributed by atoms with Gasteiger partial charge in [-0.1, -0.05) is 0 Å². The van der Waals surface area contributed by atoms with E-state index >= 15 is 0 Å². The minimum atomic E-state index is -3.70. The number of nitro groups is 1. The first kappa shape index (κ1) is 16.2. The van der Waals surface area contributed by atoms with Crippen molar-refractivity contribution in [3.05, 3.63) is 34.4 Å². The number of hydrogen-bond acceptors (Lipinski definition) is 6. The Labute approximate surface area is 127 Å². The van der Waals surface area contributed by atoms with E-state index in [0.29, 0.717) is 0 Å². The number of nitrogens with zero attached hydrogens (tertiary/aromatic N) is 1. The quantitative estimate of drug-likeness (QED) is 0.624. The first-order valence-corrected chi connectivity index (χ1v) is 8.89. The molecule has 1 fully saturated rings. The van der Waals surface area contributed by atoms with Crippen LogP contribution in [0.5, 0.6) is 0 Å². The van der Waals surface area contributed by atoms with Crippen molar-refractivity contribution in [1.82, 2.24) is 4.72 Å². The molecule has 0 spiro atoms. The predicted octanol–water partition coefficient (Wildman–Crippen LogP) is 1.40. The molecule has 1 aliphatic heterocycles. The third-order valence-corrected chi connectivity index (χ3v) is 6.08. The first-order chi connectivity index (χ1) is 9.88. The van der Waals surface area contributed by atoms with Crippen LogP contribution in [0.3, 0.4) is 0 Å². The van der Waals surface area contributed by atoms with Gasteiger partial charge in [0, 0.05) is 31.5 Å². The number of hydrogen-bond donors (Lipinski definition) is 1. The second kappa shape index (κ2) is 6.30. The summed E-state index contributed by atoms with van der Waals surface area (Å²) in [6.07, 6.45) is 0.789. The van der Waals surface area contributed by atoms with E-state index in [0.717, 1.165) is 17.9 Å². The summed E-state index contributed by atoms with van der Waals surface area (Å²) >= 11 is 1.72. The largest absolute Gasteiger partial charge is 0.376 e. The van der Waals surface area contributed by atoms with Gasteiger partial charge < -0.3 is 4.74 Å². The molecule has 0 radical (unpaired) electrons. The first-order valence-electron chi connectivity index (χ1n) is 6.26. The van der Waals surface area contributed by atoms with Gasteiger partial charge in [-0.2, -0.15) is 11.8 Å². The fraction of sp³-hybridized carbons (Fsp3) is 0.500. The highest BCUT2D eigenvalue weighted by Crippen LogP contribution is 2.30. The molecule has 2 rings (SSSR count). The number of methoxy groups -OCH3 is 1. The van der Waals surface area contributed by atoms with Crippen molar-refractivity contribution in [3.8, 4) is 0 Å². The molecule has 1 aromatic rings. The Morgan fingerprint density at radius 3 is 2.57 bits per heavy atom. The smallest absolute Gasteiger partial charge is 0.269 e. The summed E-state index contributed by atoms with van der Waals surface area (Å²) in [5, 5.41) is 10.6. The molecule has 1 unspecified atom stereocenters. The molecule has 1 N–H and O–H groups in total.